The van der Waals surface area contributed by atoms with Crippen molar-refractivity contribution >= 4 is 35.0 Å². The van der Waals surface area contributed by atoms with Crippen LogP contribution in [0.25, 0.3) is 11.1 Å². The molecule has 0 saturated heterocycles. The largest absolute Gasteiger partial charge is 0.478 e. The summed E-state index contributed by atoms with van der Waals surface area (Å²) in [5.74, 6) is -6.96. The lowest BCUT2D eigenvalue weighted by Gasteiger charge is -2.39. The van der Waals surface area contributed by atoms with Gasteiger partial charge >= 0.3 is 36.6 Å². The van der Waals surface area contributed by atoms with Gasteiger partial charge in [0.1, 0.15) is 0 Å². The van der Waals surface area contributed by atoms with Gasteiger partial charge in [-0.15, -0.1) is 0 Å². The first-order chi connectivity index (χ1) is 27.0. The third kappa shape index (κ3) is 8.43. The van der Waals surface area contributed by atoms with Crippen molar-refractivity contribution in [2.45, 2.75) is 63.7 Å². The highest BCUT2D eigenvalue weighted by Crippen LogP contribution is 2.57. The first-order valence-electron chi connectivity index (χ1n) is 16.9. The summed E-state index contributed by atoms with van der Waals surface area (Å²) < 4.78 is 176. The van der Waals surface area contributed by atoms with E-state index in [4.69, 9.17) is 5.73 Å². The number of rotatable bonds is 11. The van der Waals surface area contributed by atoms with Gasteiger partial charge in [-0.05, 0) is 83.6 Å². The van der Waals surface area contributed by atoms with Gasteiger partial charge in [0, 0.05) is 22.4 Å². The number of ketones is 1. The van der Waals surface area contributed by atoms with Crippen LogP contribution in [0.5, 0.6) is 0 Å². The van der Waals surface area contributed by atoms with Crippen LogP contribution in [-0.2, 0) is 17.8 Å². The smallest absolute Gasteiger partial charge is 0.417 e. The molecule has 0 aromatic heterocycles. The zero-order valence-corrected chi connectivity index (χ0v) is 30.5. The number of nitrogen functional groups attached to an aromatic ring is 1. The number of anilines is 2. The average Bonchev–Trinajstić information content (AvgIpc) is 3.12. The van der Waals surface area contributed by atoms with Crippen LogP contribution in [0.3, 0.4) is 0 Å². The predicted molar refractivity (Wildman–Crippen MR) is 187 cm³/mol. The maximum Gasteiger partial charge on any atom is 0.417 e. The molecule has 0 radical (unpaired) electrons. The molecule has 316 valence electrons. The molecule has 4 aromatic rings. The van der Waals surface area contributed by atoms with Crippen molar-refractivity contribution in [3.05, 3.63) is 117 Å². The summed E-state index contributed by atoms with van der Waals surface area (Å²) in [7, 11) is 0. The Kier molecular flexibility index (Phi) is 12.1. The molecule has 0 atom stereocenters. The molecule has 0 aliphatic rings. The molecule has 20 heteroatoms. The predicted octanol–water partition coefficient (Wildman–Crippen LogP) is 11.0. The van der Waals surface area contributed by atoms with Gasteiger partial charge in [0.25, 0.3) is 5.91 Å². The molecule has 0 bridgehead atoms. The molecule has 0 unspecified atom stereocenters. The van der Waals surface area contributed by atoms with Crippen molar-refractivity contribution in [1.29, 1.82) is 0 Å². The molecule has 4 rings (SSSR count). The Bertz CT molecular complexity index is 2310. The normalized spacial score (nSPS) is 12.9. The minimum atomic E-state index is -6.44. The Morgan fingerprint density at radius 1 is 0.576 bits per heavy atom. The van der Waals surface area contributed by atoms with Crippen LogP contribution >= 0.6 is 0 Å². The lowest BCUT2D eigenvalue weighted by molar-refractivity contribution is -0.288. The quantitative estimate of drug-likeness (QED) is 0.0667. The summed E-state index contributed by atoms with van der Waals surface area (Å²) in [4.78, 5) is 51.3. The Labute approximate surface area is 325 Å². The first kappa shape index (κ1) is 45.6. The average molecular weight is 851 g/mol. The summed E-state index contributed by atoms with van der Waals surface area (Å²) >= 11 is 0. The zero-order chi connectivity index (χ0) is 44.8. The van der Waals surface area contributed by atoms with Gasteiger partial charge in [0.15, 0.2) is 5.78 Å². The lowest BCUT2D eigenvalue weighted by atomic mass is 9.70. The number of nitrogens with two attached hydrogens (primary N) is 1. The van der Waals surface area contributed by atoms with Gasteiger partial charge in [-0.2, -0.15) is 52.7 Å². The molecule has 1 amide bonds. The highest BCUT2D eigenvalue weighted by Gasteiger charge is 2.72. The number of hydrogen-bond donors (Lipinski definition) is 4. The molecule has 0 saturated carbocycles. The Morgan fingerprint density at radius 3 is 1.42 bits per heavy atom. The third-order valence-electron chi connectivity index (χ3n) is 10.0. The van der Waals surface area contributed by atoms with E-state index in [0.717, 1.165) is 6.07 Å². The highest BCUT2D eigenvalue weighted by atomic mass is 19.4. The second kappa shape index (κ2) is 15.6. The van der Waals surface area contributed by atoms with Crippen molar-refractivity contribution in [2.75, 3.05) is 11.1 Å². The Hall–Kier alpha value is -6.08. The summed E-state index contributed by atoms with van der Waals surface area (Å²) in [6.07, 6.45) is -23.6. The standard InChI is InChI=1S/C39H30F12N2O6/c1-4-34(3,5-2)30(54)26-14-18(6-10-24(26)32(56)57)35(38(46,47)48,39(49,50)51)19-7-11-25(33(58)59)27(15-19)31(55)53-21-9-13-23(29(17-21)37(43,44)45)22-12-8-20(52)16-28(22)36(40,41)42/h6-17H,4-5,52H2,1-3H3,(H,53,55)(H,56,57)(H,58,59). The molecule has 0 heterocycles. The number of nitrogens with one attached hydrogen (secondary N) is 1. The van der Waals surface area contributed by atoms with E-state index < -0.39 is 126 Å². The maximum absolute atomic E-state index is 15.3. The summed E-state index contributed by atoms with van der Waals surface area (Å²) in [6, 6.07) is 3.80. The van der Waals surface area contributed by atoms with Crippen molar-refractivity contribution in [1.82, 2.24) is 0 Å². The van der Waals surface area contributed by atoms with E-state index in [1.807, 2.05) is 0 Å². The van der Waals surface area contributed by atoms with Crippen molar-refractivity contribution in [3.63, 3.8) is 0 Å². The van der Waals surface area contributed by atoms with E-state index in [0.29, 0.717) is 30.3 Å². The van der Waals surface area contributed by atoms with Crippen LogP contribution < -0.4 is 11.1 Å². The minimum Gasteiger partial charge on any atom is -0.478 e. The van der Waals surface area contributed by atoms with Crippen molar-refractivity contribution in [2.24, 2.45) is 5.41 Å². The lowest BCUT2D eigenvalue weighted by Crippen LogP contribution is -2.55. The molecule has 59 heavy (non-hydrogen) atoms. The van der Waals surface area contributed by atoms with Crippen LogP contribution in [0, 0.1) is 5.41 Å². The van der Waals surface area contributed by atoms with Gasteiger partial charge in [-0.3, -0.25) is 9.59 Å². The molecular formula is C39H30F12N2O6. The molecule has 5 N–H and O–H groups in total. The van der Waals surface area contributed by atoms with E-state index in [-0.39, 0.29) is 49.2 Å². The second-order valence-electron chi connectivity index (χ2n) is 13.5. The number of aromatic carboxylic acids is 2. The summed E-state index contributed by atoms with van der Waals surface area (Å²) in [6.45, 7) is 4.26. The van der Waals surface area contributed by atoms with E-state index in [1.54, 1.807) is 5.32 Å². The fourth-order valence-corrected chi connectivity index (χ4v) is 6.50. The topological polar surface area (TPSA) is 147 Å². The first-order valence-corrected chi connectivity index (χ1v) is 16.9. The minimum absolute atomic E-state index is 0.0202. The molecule has 0 fully saturated rings. The Balaban J connectivity index is 1.99. The molecular weight excluding hydrogens is 820 g/mol. The van der Waals surface area contributed by atoms with E-state index in [2.05, 4.69) is 0 Å². The zero-order valence-electron chi connectivity index (χ0n) is 30.5. The number of halogens is 12. The van der Waals surface area contributed by atoms with Gasteiger partial charge in [0.05, 0.1) is 27.8 Å². The number of benzene rings is 4. The molecule has 8 nitrogen and oxygen atoms in total. The molecule has 0 aliphatic carbocycles. The summed E-state index contributed by atoms with van der Waals surface area (Å²) in [5, 5.41) is 21.3. The molecule has 0 aliphatic heterocycles. The number of carbonyl (C=O) groups excluding carboxylic acids is 2. The van der Waals surface area contributed by atoms with Gasteiger partial charge in [0.2, 0.25) is 5.41 Å². The van der Waals surface area contributed by atoms with Crippen LogP contribution in [0.15, 0.2) is 72.8 Å². The SMILES string of the molecule is CCC(C)(CC)C(=O)c1cc(C(c2ccc(C(=O)O)c(C(=O)Nc3ccc(-c4ccc(N)cc4C(F)(F)F)c(C(F)(F)F)c3)c2)(C(F)(F)F)C(F)(F)F)ccc1C(=O)O. The van der Waals surface area contributed by atoms with Crippen LogP contribution in [0.2, 0.25) is 0 Å². The van der Waals surface area contributed by atoms with E-state index >= 15 is 26.3 Å². The second-order valence-corrected chi connectivity index (χ2v) is 13.5. The summed E-state index contributed by atoms with van der Waals surface area (Å²) in [5.41, 5.74) is -16.5. The van der Waals surface area contributed by atoms with E-state index in [9.17, 15) is 55.7 Å². The van der Waals surface area contributed by atoms with Gasteiger partial charge in [-0.25, -0.2) is 9.59 Å². The number of amides is 1. The number of carboxylic acid groups (broad SMARTS) is 2. The fraction of sp³-hybridized carbons (Fsp3) is 0.282. The number of hydrogen-bond acceptors (Lipinski definition) is 5. The van der Waals surface area contributed by atoms with Gasteiger partial charge in [-0.1, -0.05) is 45.0 Å². The monoisotopic (exact) mass is 850 g/mol. The van der Waals surface area contributed by atoms with Crippen LogP contribution in [-0.4, -0.2) is 46.2 Å². The number of carboxylic acids is 2. The van der Waals surface area contributed by atoms with Crippen LogP contribution in [0.4, 0.5) is 64.1 Å². The highest BCUT2D eigenvalue weighted by molar-refractivity contribution is 6.11. The maximum atomic E-state index is 15.3. The number of alkyl halides is 12. The molecule has 4 aromatic carbocycles. The van der Waals surface area contributed by atoms with Gasteiger partial charge < -0.3 is 21.3 Å². The van der Waals surface area contributed by atoms with Crippen LogP contribution in [0.1, 0.15) is 97.3 Å². The third-order valence-corrected chi connectivity index (χ3v) is 10.0. The number of Topliss-reactive ketones (excluding diaryl/α,β-unsaturated/α-hetero) is 1. The van der Waals surface area contributed by atoms with Crippen molar-refractivity contribution < 1.29 is 82.1 Å². The van der Waals surface area contributed by atoms with Crippen molar-refractivity contribution in [3.8, 4) is 11.1 Å². The number of carbonyl (C=O) groups is 4. The van der Waals surface area contributed by atoms with E-state index in [1.165, 1.54) is 20.8 Å². The fourth-order valence-electron chi connectivity index (χ4n) is 6.50. The molecule has 0 spiro atoms. The Morgan fingerprint density at radius 2 is 1.00 bits per heavy atom.